The third-order valence-corrected chi connectivity index (χ3v) is 6.66. The van der Waals surface area contributed by atoms with E-state index in [0.717, 1.165) is 18.2 Å². The third-order valence-electron chi connectivity index (χ3n) is 6.66. The van der Waals surface area contributed by atoms with Crippen LogP contribution >= 0.6 is 0 Å². The molecule has 224 valence electrons. The van der Waals surface area contributed by atoms with Gasteiger partial charge in [0, 0.05) is 11.6 Å². The van der Waals surface area contributed by atoms with Gasteiger partial charge < -0.3 is 64.5 Å². The zero-order chi connectivity index (χ0) is 30.0. The molecule has 2 fully saturated rings. The predicted octanol–water partition coefficient (Wildman–Crippen LogP) is -2.19. The molecule has 4 rings (SSSR count). The van der Waals surface area contributed by atoms with Crippen molar-refractivity contribution < 1.29 is 74.1 Å². The summed E-state index contributed by atoms with van der Waals surface area (Å²) in [5, 5.41) is 80.6. The van der Waals surface area contributed by atoms with Crippen LogP contribution in [-0.2, 0) is 14.2 Å². The summed E-state index contributed by atoms with van der Waals surface area (Å²) in [5.74, 6) is -3.19. The first-order valence-corrected chi connectivity index (χ1v) is 12.4. The molecule has 0 bridgehead atoms. The molecule has 0 aliphatic carbocycles. The van der Waals surface area contributed by atoms with Gasteiger partial charge in [-0.2, -0.15) is 0 Å². The second kappa shape index (κ2) is 12.6. The van der Waals surface area contributed by atoms with Gasteiger partial charge >= 0.3 is 0 Å². The first kappa shape index (κ1) is 30.6. The number of hydrogen-bond donors (Lipinski definition) is 8. The SMILES string of the molecule is COc1ccc(C(=O)C(=O)c2ccc(O[C@@H]3O[C@H](CO[C@@H]4OC[C@@H](O)[C@H](O)[C@H]4O)[C@@H](O)[C@H](O)[C@H]3O)cc2O)cc1O. The van der Waals surface area contributed by atoms with Crippen molar-refractivity contribution in [3.63, 3.8) is 0 Å². The van der Waals surface area contributed by atoms with E-state index in [1.807, 2.05) is 0 Å². The maximum absolute atomic E-state index is 12.7. The van der Waals surface area contributed by atoms with Gasteiger partial charge in [0.1, 0.15) is 54.2 Å². The highest BCUT2D eigenvalue weighted by molar-refractivity contribution is 6.49. The van der Waals surface area contributed by atoms with Gasteiger partial charge in [0.2, 0.25) is 17.9 Å². The largest absolute Gasteiger partial charge is 0.507 e. The van der Waals surface area contributed by atoms with Crippen molar-refractivity contribution >= 4 is 11.6 Å². The molecule has 15 heteroatoms. The molecule has 0 aromatic heterocycles. The fraction of sp³-hybridized carbons (Fsp3) is 0.462. The van der Waals surface area contributed by atoms with Gasteiger partial charge in [-0.05, 0) is 30.3 Å². The number of phenols is 2. The minimum Gasteiger partial charge on any atom is -0.507 e. The van der Waals surface area contributed by atoms with E-state index in [4.69, 9.17) is 23.7 Å². The Bertz CT molecular complexity index is 1250. The van der Waals surface area contributed by atoms with E-state index in [2.05, 4.69) is 0 Å². The molecule has 2 aromatic rings. The minimum absolute atomic E-state index is 0.0930. The Morgan fingerprint density at radius 1 is 0.829 bits per heavy atom. The molecule has 0 spiro atoms. The number of aliphatic hydroxyl groups is 6. The highest BCUT2D eigenvalue weighted by atomic mass is 16.7. The summed E-state index contributed by atoms with van der Waals surface area (Å²) in [6, 6.07) is 6.83. The number of rotatable bonds is 9. The van der Waals surface area contributed by atoms with Crippen LogP contribution in [0.1, 0.15) is 20.7 Å². The van der Waals surface area contributed by atoms with Crippen LogP contribution in [-0.4, -0.2) is 128 Å². The van der Waals surface area contributed by atoms with E-state index in [-0.39, 0.29) is 35.0 Å². The average molecular weight is 583 g/mol. The number of ketones is 2. The van der Waals surface area contributed by atoms with E-state index < -0.39 is 79.2 Å². The first-order chi connectivity index (χ1) is 19.4. The molecular formula is C26H30O15. The Labute approximate surface area is 232 Å². The minimum atomic E-state index is -1.78. The molecule has 2 aliphatic rings. The zero-order valence-corrected chi connectivity index (χ0v) is 21.5. The Balaban J connectivity index is 1.42. The number of ether oxygens (including phenoxy) is 5. The summed E-state index contributed by atoms with van der Waals surface area (Å²) >= 11 is 0. The lowest BCUT2D eigenvalue weighted by Gasteiger charge is -2.41. The van der Waals surface area contributed by atoms with Crippen molar-refractivity contribution in [1.82, 2.24) is 0 Å². The second-order valence-electron chi connectivity index (χ2n) is 9.44. The number of carbonyl (C=O) groups excluding carboxylic acids is 2. The van der Waals surface area contributed by atoms with Crippen LogP contribution in [0.25, 0.3) is 0 Å². The highest BCUT2D eigenvalue weighted by Gasteiger charge is 2.46. The number of aliphatic hydroxyl groups excluding tert-OH is 6. The van der Waals surface area contributed by atoms with Crippen LogP contribution < -0.4 is 9.47 Å². The predicted molar refractivity (Wildman–Crippen MR) is 132 cm³/mol. The molecule has 0 radical (unpaired) electrons. The van der Waals surface area contributed by atoms with E-state index in [9.17, 15) is 50.4 Å². The number of carbonyl (C=O) groups is 2. The lowest BCUT2D eigenvalue weighted by molar-refractivity contribution is -0.307. The van der Waals surface area contributed by atoms with Gasteiger partial charge in [0.25, 0.3) is 0 Å². The summed E-state index contributed by atoms with van der Waals surface area (Å²) in [6.45, 7) is -0.836. The number of benzene rings is 2. The van der Waals surface area contributed by atoms with Crippen LogP contribution in [0.5, 0.6) is 23.0 Å². The Hall–Kier alpha value is -3.38. The molecule has 2 aromatic carbocycles. The van der Waals surface area contributed by atoms with Gasteiger partial charge in [0.05, 0.1) is 25.9 Å². The quantitative estimate of drug-likeness (QED) is 0.116. The van der Waals surface area contributed by atoms with E-state index in [0.29, 0.717) is 0 Å². The van der Waals surface area contributed by atoms with Crippen molar-refractivity contribution in [3.8, 4) is 23.0 Å². The molecule has 2 heterocycles. The Morgan fingerprint density at radius 3 is 2.20 bits per heavy atom. The van der Waals surface area contributed by atoms with Crippen LogP contribution in [0.4, 0.5) is 0 Å². The molecular weight excluding hydrogens is 552 g/mol. The van der Waals surface area contributed by atoms with Gasteiger partial charge in [-0.1, -0.05) is 0 Å². The molecule has 8 N–H and O–H groups in total. The zero-order valence-electron chi connectivity index (χ0n) is 21.5. The summed E-state index contributed by atoms with van der Waals surface area (Å²) < 4.78 is 26.4. The topological polar surface area (TPSA) is 242 Å². The molecule has 41 heavy (non-hydrogen) atoms. The maximum atomic E-state index is 12.7. The lowest BCUT2D eigenvalue weighted by atomic mass is 9.99. The van der Waals surface area contributed by atoms with Crippen molar-refractivity contribution in [2.45, 2.75) is 55.3 Å². The van der Waals surface area contributed by atoms with E-state index in [1.54, 1.807) is 0 Å². The number of aromatic hydroxyl groups is 2. The van der Waals surface area contributed by atoms with E-state index >= 15 is 0 Å². The summed E-state index contributed by atoms with van der Waals surface area (Å²) in [4.78, 5) is 25.3. The first-order valence-electron chi connectivity index (χ1n) is 12.4. The average Bonchev–Trinajstić information content (AvgIpc) is 2.95. The monoisotopic (exact) mass is 582 g/mol. The summed E-state index contributed by atoms with van der Waals surface area (Å²) in [5.41, 5.74) is -0.535. The van der Waals surface area contributed by atoms with Crippen molar-refractivity contribution in [2.75, 3.05) is 20.3 Å². The molecule has 9 atom stereocenters. The number of Topliss-reactive ketones (excluding diaryl/α,β-unsaturated/α-hetero) is 2. The number of hydrogen-bond acceptors (Lipinski definition) is 15. The number of methoxy groups -OCH3 is 1. The number of phenolic OH excluding ortho intramolecular Hbond substituents is 2. The normalized spacial score (nSPS) is 31.8. The summed E-state index contributed by atoms with van der Waals surface area (Å²) in [6.07, 6.45) is -14.0. The molecule has 0 amide bonds. The van der Waals surface area contributed by atoms with Crippen molar-refractivity contribution in [1.29, 1.82) is 0 Å². The van der Waals surface area contributed by atoms with Crippen molar-refractivity contribution in [2.24, 2.45) is 0 Å². The second-order valence-corrected chi connectivity index (χ2v) is 9.44. The molecule has 2 aliphatic heterocycles. The maximum Gasteiger partial charge on any atom is 0.237 e. The Morgan fingerprint density at radius 2 is 1.54 bits per heavy atom. The Kier molecular flexibility index (Phi) is 9.43. The van der Waals surface area contributed by atoms with Gasteiger partial charge in [-0.15, -0.1) is 0 Å². The fourth-order valence-corrected chi connectivity index (χ4v) is 4.26. The van der Waals surface area contributed by atoms with Crippen LogP contribution in [0, 0.1) is 0 Å². The van der Waals surface area contributed by atoms with Crippen molar-refractivity contribution in [3.05, 3.63) is 47.5 Å². The lowest BCUT2D eigenvalue weighted by Crippen LogP contribution is -2.61. The smallest absolute Gasteiger partial charge is 0.237 e. The van der Waals surface area contributed by atoms with Crippen LogP contribution in [0.3, 0.4) is 0 Å². The molecule has 0 unspecified atom stereocenters. The van der Waals surface area contributed by atoms with Crippen LogP contribution in [0.2, 0.25) is 0 Å². The highest BCUT2D eigenvalue weighted by Crippen LogP contribution is 2.31. The standard InChI is InChI=1S/C26H30O15/c1-37-16-5-2-10(6-14(16)28)18(30)19(31)12-4-3-11(7-13(12)27)40-26-24(36)22(34)21(33)17(41-26)9-39-25-23(35)20(32)15(29)8-38-25/h2-7,15,17,20-29,32-36H,8-9H2,1H3/t15-,17-,20+,21-,22+,23-,24-,25+,26-/m1/s1. The fourth-order valence-electron chi connectivity index (χ4n) is 4.26. The van der Waals surface area contributed by atoms with Gasteiger partial charge in [0.15, 0.2) is 17.8 Å². The summed E-state index contributed by atoms with van der Waals surface area (Å²) in [7, 11) is 1.31. The van der Waals surface area contributed by atoms with E-state index in [1.165, 1.54) is 25.3 Å². The van der Waals surface area contributed by atoms with Crippen LogP contribution in [0.15, 0.2) is 36.4 Å². The van der Waals surface area contributed by atoms with Gasteiger partial charge in [-0.25, -0.2) is 0 Å². The van der Waals surface area contributed by atoms with Gasteiger partial charge in [-0.3, -0.25) is 9.59 Å². The molecule has 0 saturated carbocycles. The molecule has 15 nitrogen and oxygen atoms in total. The molecule has 2 saturated heterocycles. The third kappa shape index (κ3) is 6.43.